The molecule has 1 saturated heterocycles. The standard InChI is InChI=1S/C15H24N2/c1-11-6-5-7-15(8-11)14(4)17-9-12(2)16-13(3)10-17/h5-8,12-14,16H,9-10H2,1-4H3. The van der Waals surface area contributed by atoms with E-state index in [2.05, 4.69) is 62.2 Å². The third-order valence-corrected chi connectivity index (χ3v) is 3.66. The molecule has 17 heavy (non-hydrogen) atoms. The zero-order valence-corrected chi connectivity index (χ0v) is 11.4. The zero-order valence-electron chi connectivity index (χ0n) is 11.4. The topological polar surface area (TPSA) is 15.3 Å². The van der Waals surface area contributed by atoms with Crippen LogP contribution < -0.4 is 5.32 Å². The maximum Gasteiger partial charge on any atom is 0.0321 e. The lowest BCUT2D eigenvalue weighted by atomic mass is 10.0. The molecule has 0 radical (unpaired) electrons. The van der Waals surface area contributed by atoms with Crippen molar-refractivity contribution in [3.63, 3.8) is 0 Å². The number of benzene rings is 1. The molecule has 1 aliphatic rings. The monoisotopic (exact) mass is 232 g/mol. The Morgan fingerprint density at radius 3 is 2.47 bits per heavy atom. The third kappa shape index (κ3) is 3.08. The number of rotatable bonds is 2. The molecule has 1 aromatic rings. The van der Waals surface area contributed by atoms with Gasteiger partial charge in [-0.2, -0.15) is 0 Å². The Balaban J connectivity index is 2.11. The predicted molar refractivity (Wildman–Crippen MR) is 73.2 cm³/mol. The maximum atomic E-state index is 3.59. The second-order valence-corrected chi connectivity index (χ2v) is 5.51. The van der Waals surface area contributed by atoms with Gasteiger partial charge in [0.05, 0.1) is 0 Å². The summed E-state index contributed by atoms with van der Waals surface area (Å²) in [6.07, 6.45) is 0. The first-order valence-corrected chi connectivity index (χ1v) is 6.63. The fraction of sp³-hybridized carbons (Fsp3) is 0.600. The molecule has 0 aromatic heterocycles. The van der Waals surface area contributed by atoms with Gasteiger partial charge in [0.25, 0.3) is 0 Å². The van der Waals surface area contributed by atoms with E-state index in [-0.39, 0.29) is 0 Å². The average molecular weight is 232 g/mol. The Morgan fingerprint density at radius 1 is 1.24 bits per heavy atom. The summed E-state index contributed by atoms with van der Waals surface area (Å²) in [5, 5.41) is 3.59. The Kier molecular flexibility index (Phi) is 3.85. The van der Waals surface area contributed by atoms with E-state index in [9.17, 15) is 0 Å². The molecule has 0 amide bonds. The fourth-order valence-corrected chi connectivity index (χ4v) is 2.83. The summed E-state index contributed by atoms with van der Waals surface area (Å²) in [5.74, 6) is 0. The summed E-state index contributed by atoms with van der Waals surface area (Å²) in [6.45, 7) is 11.3. The lowest BCUT2D eigenvalue weighted by Gasteiger charge is -2.40. The van der Waals surface area contributed by atoms with Crippen LogP contribution in [0.1, 0.15) is 37.9 Å². The molecule has 3 unspecified atom stereocenters. The number of hydrogen-bond donors (Lipinski definition) is 1. The van der Waals surface area contributed by atoms with Crippen LogP contribution in [0.2, 0.25) is 0 Å². The van der Waals surface area contributed by atoms with Crippen molar-refractivity contribution in [2.24, 2.45) is 0 Å². The van der Waals surface area contributed by atoms with Crippen LogP contribution >= 0.6 is 0 Å². The Hall–Kier alpha value is -0.860. The van der Waals surface area contributed by atoms with Crippen molar-refractivity contribution in [3.8, 4) is 0 Å². The number of hydrogen-bond acceptors (Lipinski definition) is 2. The lowest BCUT2D eigenvalue weighted by molar-refractivity contribution is 0.131. The van der Waals surface area contributed by atoms with E-state index in [4.69, 9.17) is 0 Å². The molecule has 94 valence electrons. The van der Waals surface area contributed by atoms with Crippen LogP contribution in [-0.4, -0.2) is 30.1 Å². The summed E-state index contributed by atoms with van der Waals surface area (Å²) in [4.78, 5) is 2.58. The summed E-state index contributed by atoms with van der Waals surface area (Å²) in [5.41, 5.74) is 2.79. The van der Waals surface area contributed by atoms with Crippen LogP contribution in [0, 0.1) is 6.92 Å². The van der Waals surface area contributed by atoms with Crippen LogP contribution in [0.25, 0.3) is 0 Å². The van der Waals surface area contributed by atoms with Crippen molar-refractivity contribution in [2.45, 2.75) is 45.8 Å². The van der Waals surface area contributed by atoms with Gasteiger partial charge in [0.15, 0.2) is 0 Å². The minimum atomic E-state index is 0.516. The highest BCUT2D eigenvalue weighted by atomic mass is 15.2. The van der Waals surface area contributed by atoms with E-state index in [1.165, 1.54) is 11.1 Å². The number of nitrogens with zero attached hydrogens (tertiary/aromatic N) is 1. The van der Waals surface area contributed by atoms with Gasteiger partial charge in [-0.15, -0.1) is 0 Å². The molecule has 3 atom stereocenters. The van der Waals surface area contributed by atoms with Gasteiger partial charge in [-0.1, -0.05) is 29.8 Å². The molecule has 1 aliphatic heterocycles. The third-order valence-electron chi connectivity index (χ3n) is 3.66. The fourth-order valence-electron chi connectivity index (χ4n) is 2.83. The molecule has 0 bridgehead atoms. The van der Waals surface area contributed by atoms with Crippen LogP contribution in [-0.2, 0) is 0 Å². The Labute approximate surface area is 105 Å². The molecule has 1 fully saturated rings. The molecule has 2 heteroatoms. The van der Waals surface area contributed by atoms with Crippen molar-refractivity contribution in [2.75, 3.05) is 13.1 Å². The van der Waals surface area contributed by atoms with Crippen LogP contribution in [0.5, 0.6) is 0 Å². The molecule has 2 nitrogen and oxygen atoms in total. The van der Waals surface area contributed by atoms with Gasteiger partial charge >= 0.3 is 0 Å². The predicted octanol–water partition coefficient (Wildman–Crippen LogP) is 2.74. The number of aryl methyl sites for hydroxylation is 1. The van der Waals surface area contributed by atoms with E-state index >= 15 is 0 Å². The Bertz CT molecular complexity index is 365. The summed E-state index contributed by atoms with van der Waals surface area (Å²) in [7, 11) is 0. The maximum absolute atomic E-state index is 3.59. The average Bonchev–Trinajstić information content (AvgIpc) is 2.26. The van der Waals surface area contributed by atoms with Crippen molar-refractivity contribution in [1.29, 1.82) is 0 Å². The molecule has 2 rings (SSSR count). The van der Waals surface area contributed by atoms with E-state index in [0.717, 1.165) is 13.1 Å². The van der Waals surface area contributed by atoms with Crippen molar-refractivity contribution in [1.82, 2.24) is 10.2 Å². The summed E-state index contributed by atoms with van der Waals surface area (Å²) >= 11 is 0. The molecule has 1 heterocycles. The van der Waals surface area contributed by atoms with Gasteiger partial charge in [0, 0.05) is 31.2 Å². The minimum absolute atomic E-state index is 0.516. The zero-order chi connectivity index (χ0) is 12.4. The lowest BCUT2D eigenvalue weighted by Crippen LogP contribution is -2.54. The highest BCUT2D eigenvalue weighted by Gasteiger charge is 2.25. The van der Waals surface area contributed by atoms with Gasteiger partial charge < -0.3 is 5.32 Å². The molecular weight excluding hydrogens is 208 g/mol. The first-order chi connectivity index (χ1) is 8.06. The SMILES string of the molecule is Cc1cccc(C(C)N2CC(C)NC(C)C2)c1. The molecule has 0 saturated carbocycles. The van der Waals surface area contributed by atoms with Gasteiger partial charge in [0.1, 0.15) is 0 Å². The van der Waals surface area contributed by atoms with E-state index in [1.807, 2.05) is 0 Å². The minimum Gasteiger partial charge on any atom is -0.309 e. The van der Waals surface area contributed by atoms with E-state index in [0.29, 0.717) is 18.1 Å². The van der Waals surface area contributed by atoms with Crippen LogP contribution in [0.3, 0.4) is 0 Å². The first-order valence-electron chi connectivity index (χ1n) is 6.63. The number of piperazine rings is 1. The van der Waals surface area contributed by atoms with Gasteiger partial charge in [-0.25, -0.2) is 0 Å². The van der Waals surface area contributed by atoms with Crippen LogP contribution in [0.15, 0.2) is 24.3 Å². The van der Waals surface area contributed by atoms with Crippen LogP contribution in [0.4, 0.5) is 0 Å². The number of nitrogens with one attached hydrogen (secondary N) is 1. The molecule has 1 aromatic carbocycles. The second kappa shape index (κ2) is 5.19. The largest absolute Gasteiger partial charge is 0.309 e. The Morgan fingerprint density at radius 2 is 1.88 bits per heavy atom. The molecule has 1 N–H and O–H groups in total. The van der Waals surface area contributed by atoms with Gasteiger partial charge in [-0.3, -0.25) is 4.90 Å². The highest BCUT2D eigenvalue weighted by Crippen LogP contribution is 2.23. The van der Waals surface area contributed by atoms with Crippen molar-refractivity contribution in [3.05, 3.63) is 35.4 Å². The van der Waals surface area contributed by atoms with Gasteiger partial charge in [0.2, 0.25) is 0 Å². The van der Waals surface area contributed by atoms with Gasteiger partial charge in [-0.05, 0) is 33.3 Å². The summed E-state index contributed by atoms with van der Waals surface area (Å²) < 4.78 is 0. The smallest absolute Gasteiger partial charge is 0.0321 e. The molecule has 0 spiro atoms. The van der Waals surface area contributed by atoms with Crippen molar-refractivity contribution < 1.29 is 0 Å². The van der Waals surface area contributed by atoms with Crippen molar-refractivity contribution >= 4 is 0 Å². The van der Waals surface area contributed by atoms with E-state index in [1.54, 1.807) is 0 Å². The molecule has 0 aliphatic carbocycles. The molecular formula is C15H24N2. The normalized spacial score (nSPS) is 28.0. The highest BCUT2D eigenvalue weighted by molar-refractivity contribution is 5.24. The first kappa shape index (κ1) is 12.6. The quantitative estimate of drug-likeness (QED) is 0.843. The van der Waals surface area contributed by atoms with E-state index < -0.39 is 0 Å². The summed E-state index contributed by atoms with van der Waals surface area (Å²) in [6, 6.07) is 10.6. The second-order valence-electron chi connectivity index (χ2n) is 5.51.